The first-order valence-electron chi connectivity index (χ1n) is 6.54. The second-order valence-corrected chi connectivity index (χ2v) is 5.98. The zero-order valence-electron chi connectivity index (χ0n) is 10.7. The van der Waals surface area contributed by atoms with Gasteiger partial charge in [-0.15, -0.1) is 0 Å². The zero-order chi connectivity index (χ0) is 12.6. The van der Waals surface area contributed by atoms with Gasteiger partial charge in [0.1, 0.15) is 0 Å². The Morgan fingerprint density at radius 1 is 1.29 bits per heavy atom. The fourth-order valence-electron chi connectivity index (χ4n) is 3.12. The summed E-state index contributed by atoms with van der Waals surface area (Å²) in [6.07, 6.45) is 4.57. The summed E-state index contributed by atoms with van der Waals surface area (Å²) in [5.74, 6) is 0.281. The third-order valence-corrected chi connectivity index (χ3v) is 4.16. The van der Waals surface area contributed by atoms with Crippen LogP contribution in [-0.2, 0) is 9.59 Å². The molecular formula is C13H22N2O2. The van der Waals surface area contributed by atoms with Gasteiger partial charge in [0.15, 0.2) is 0 Å². The van der Waals surface area contributed by atoms with Crippen LogP contribution in [0.25, 0.3) is 0 Å². The van der Waals surface area contributed by atoms with Crippen LogP contribution in [0.5, 0.6) is 0 Å². The molecule has 17 heavy (non-hydrogen) atoms. The molecule has 0 aromatic carbocycles. The average molecular weight is 238 g/mol. The van der Waals surface area contributed by atoms with Crippen LogP contribution in [-0.4, -0.2) is 29.3 Å². The van der Waals surface area contributed by atoms with Gasteiger partial charge in [0, 0.05) is 12.5 Å². The average Bonchev–Trinajstić information content (AvgIpc) is 2.48. The molecule has 2 rings (SSSR count). The molecule has 1 aliphatic heterocycles. The fraction of sp³-hybridized carbons (Fsp3) is 0.846. The Morgan fingerprint density at radius 2 is 1.94 bits per heavy atom. The lowest BCUT2D eigenvalue weighted by molar-refractivity contribution is -0.145. The summed E-state index contributed by atoms with van der Waals surface area (Å²) in [4.78, 5) is 25.8. The van der Waals surface area contributed by atoms with E-state index in [4.69, 9.17) is 5.73 Å². The van der Waals surface area contributed by atoms with Gasteiger partial charge in [0.25, 0.3) is 0 Å². The Labute approximate surface area is 103 Å². The van der Waals surface area contributed by atoms with Crippen molar-refractivity contribution in [3.05, 3.63) is 0 Å². The van der Waals surface area contributed by atoms with Gasteiger partial charge in [-0.25, -0.2) is 0 Å². The van der Waals surface area contributed by atoms with Crippen molar-refractivity contribution < 1.29 is 9.59 Å². The number of rotatable bonds is 2. The van der Waals surface area contributed by atoms with Crippen LogP contribution in [0.3, 0.4) is 0 Å². The molecule has 0 bridgehead atoms. The summed E-state index contributed by atoms with van der Waals surface area (Å²) >= 11 is 0. The topological polar surface area (TPSA) is 63.4 Å². The third kappa shape index (κ3) is 2.10. The molecule has 0 spiro atoms. The van der Waals surface area contributed by atoms with E-state index in [2.05, 4.69) is 0 Å². The summed E-state index contributed by atoms with van der Waals surface area (Å²) < 4.78 is 0. The molecule has 2 N–H and O–H groups in total. The highest BCUT2D eigenvalue weighted by atomic mass is 16.2. The number of nitrogens with two attached hydrogens (primary N) is 1. The number of hydrogen-bond donors (Lipinski definition) is 1. The number of likely N-dealkylation sites (tertiary alicyclic amines) is 1. The van der Waals surface area contributed by atoms with Crippen molar-refractivity contribution in [3.63, 3.8) is 0 Å². The molecule has 96 valence electrons. The van der Waals surface area contributed by atoms with Gasteiger partial charge in [-0.05, 0) is 25.3 Å². The molecule has 2 aliphatic rings. The number of nitrogens with zero attached hydrogens (tertiary/aromatic N) is 1. The van der Waals surface area contributed by atoms with Crippen molar-refractivity contribution in [3.8, 4) is 0 Å². The molecule has 1 saturated heterocycles. The summed E-state index contributed by atoms with van der Waals surface area (Å²) in [7, 11) is 0. The van der Waals surface area contributed by atoms with Crippen molar-refractivity contribution in [1.29, 1.82) is 0 Å². The summed E-state index contributed by atoms with van der Waals surface area (Å²) in [5, 5.41) is 0. The maximum absolute atomic E-state index is 12.3. The Morgan fingerprint density at radius 3 is 2.47 bits per heavy atom. The van der Waals surface area contributed by atoms with Gasteiger partial charge in [-0.1, -0.05) is 26.7 Å². The molecule has 2 unspecified atom stereocenters. The van der Waals surface area contributed by atoms with Crippen LogP contribution in [0, 0.1) is 11.3 Å². The first-order chi connectivity index (χ1) is 7.97. The highest BCUT2D eigenvalue weighted by molar-refractivity contribution is 6.05. The summed E-state index contributed by atoms with van der Waals surface area (Å²) in [5.41, 5.74) is 5.25. The van der Waals surface area contributed by atoms with E-state index >= 15 is 0 Å². The number of carbonyl (C=O) groups is 2. The molecule has 1 heterocycles. The molecule has 4 nitrogen and oxygen atoms in total. The molecule has 0 radical (unpaired) electrons. The maximum atomic E-state index is 12.3. The van der Waals surface area contributed by atoms with Crippen LogP contribution < -0.4 is 5.73 Å². The number of hydrogen-bond acceptors (Lipinski definition) is 3. The Bertz CT molecular complexity index is 338. The van der Waals surface area contributed by atoms with E-state index < -0.39 is 5.41 Å². The molecule has 0 aromatic rings. The van der Waals surface area contributed by atoms with Gasteiger partial charge >= 0.3 is 0 Å². The smallest absolute Gasteiger partial charge is 0.235 e. The van der Waals surface area contributed by atoms with Gasteiger partial charge in [-0.2, -0.15) is 0 Å². The molecular weight excluding hydrogens is 216 g/mol. The first kappa shape index (κ1) is 12.6. The fourth-order valence-corrected chi connectivity index (χ4v) is 3.12. The van der Waals surface area contributed by atoms with Crippen molar-refractivity contribution in [2.45, 2.75) is 52.0 Å². The SMILES string of the molecule is CC1(C)CC(=O)N(C2CCCCC2CN)C1=O. The van der Waals surface area contributed by atoms with E-state index in [0.29, 0.717) is 18.9 Å². The lowest BCUT2D eigenvalue weighted by atomic mass is 9.83. The van der Waals surface area contributed by atoms with Crippen LogP contribution >= 0.6 is 0 Å². The monoisotopic (exact) mass is 238 g/mol. The number of carbonyl (C=O) groups excluding carboxylic acids is 2. The van der Waals surface area contributed by atoms with Crippen molar-refractivity contribution >= 4 is 11.8 Å². The van der Waals surface area contributed by atoms with Gasteiger partial charge < -0.3 is 5.73 Å². The largest absolute Gasteiger partial charge is 0.330 e. The van der Waals surface area contributed by atoms with Gasteiger partial charge in [-0.3, -0.25) is 14.5 Å². The lowest BCUT2D eigenvalue weighted by Crippen LogP contribution is -2.48. The zero-order valence-corrected chi connectivity index (χ0v) is 10.7. The number of amides is 2. The van der Waals surface area contributed by atoms with Crippen molar-refractivity contribution in [2.24, 2.45) is 17.1 Å². The van der Waals surface area contributed by atoms with E-state index in [1.165, 1.54) is 4.90 Å². The molecule has 2 fully saturated rings. The van der Waals surface area contributed by atoms with Crippen molar-refractivity contribution in [2.75, 3.05) is 6.54 Å². The minimum atomic E-state index is -0.520. The minimum absolute atomic E-state index is 0.00662. The van der Waals surface area contributed by atoms with Crippen LogP contribution in [0.2, 0.25) is 0 Å². The second-order valence-electron chi connectivity index (χ2n) is 5.98. The van der Waals surface area contributed by atoms with Gasteiger partial charge in [0.05, 0.1) is 5.41 Å². The van der Waals surface area contributed by atoms with Crippen LogP contribution in [0.15, 0.2) is 0 Å². The molecule has 4 heteroatoms. The highest BCUT2D eigenvalue weighted by Crippen LogP contribution is 2.37. The molecule has 1 aliphatic carbocycles. The van der Waals surface area contributed by atoms with Crippen LogP contribution in [0.4, 0.5) is 0 Å². The second kappa shape index (κ2) is 4.41. The Balaban J connectivity index is 2.21. The normalized spacial score (nSPS) is 33.2. The Hall–Kier alpha value is -0.900. The molecule has 1 saturated carbocycles. The Kier molecular flexibility index (Phi) is 3.25. The lowest BCUT2D eigenvalue weighted by Gasteiger charge is -2.36. The van der Waals surface area contributed by atoms with Crippen LogP contribution in [0.1, 0.15) is 46.0 Å². The highest BCUT2D eigenvalue weighted by Gasteiger charge is 2.49. The van der Waals surface area contributed by atoms with E-state index in [1.54, 1.807) is 0 Å². The predicted molar refractivity (Wildman–Crippen MR) is 65.1 cm³/mol. The molecule has 2 atom stereocenters. The van der Waals surface area contributed by atoms with E-state index in [9.17, 15) is 9.59 Å². The molecule has 2 amide bonds. The summed E-state index contributed by atoms with van der Waals surface area (Å²) in [6.45, 7) is 4.28. The van der Waals surface area contributed by atoms with E-state index in [1.807, 2.05) is 13.8 Å². The standard InChI is InChI=1S/C13H22N2O2/c1-13(2)7-11(16)15(12(13)17)10-6-4-3-5-9(10)8-14/h9-10H,3-8,14H2,1-2H3. The van der Waals surface area contributed by atoms with E-state index in [0.717, 1.165) is 25.7 Å². The first-order valence-corrected chi connectivity index (χ1v) is 6.54. The number of imide groups is 1. The van der Waals surface area contributed by atoms with Crippen molar-refractivity contribution in [1.82, 2.24) is 4.90 Å². The van der Waals surface area contributed by atoms with Gasteiger partial charge in [0.2, 0.25) is 11.8 Å². The third-order valence-electron chi connectivity index (χ3n) is 4.16. The quantitative estimate of drug-likeness (QED) is 0.737. The maximum Gasteiger partial charge on any atom is 0.235 e. The molecule has 0 aromatic heterocycles. The summed E-state index contributed by atoms with van der Waals surface area (Å²) in [6, 6.07) is 0.0514. The predicted octanol–water partition coefficient (Wildman–Crippen LogP) is 1.29. The van der Waals surface area contributed by atoms with E-state index in [-0.39, 0.29) is 17.9 Å². The minimum Gasteiger partial charge on any atom is -0.330 e.